The van der Waals surface area contributed by atoms with Crippen LogP contribution in [-0.2, 0) is 4.74 Å². The summed E-state index contributed by atoms with van der Waals surface area (Å²) >= 11 is 5.97. The van der Waals surface area contributed by atoms with Gasteiger partial charge in [0.1, 0.15) is 0 Å². The van der Waals surface area contributed by atoms with Crippen LogP contribution in [0.5, 0.6) is 0 Å². The lowest BCUT2D eigenvalue weighted by Gasteiger charge is -2.10. The highest BCUT2D eigenvalue weighted by Gasteiger charge is 2.37. The van der Waals surface area contributed by atoms with Crippen LogP contribution in [0.25, 0.3) is 0 Å². The van der Waals surface area contributed by atoms with E-state index < -0.39 is 0 Å². The van der Waals surface area contributed by atoms with Crippen molar-refractivity contribution in [3.8, 4) is 0 Å². The van der Waals surface area contributed by atoms with E-state index in [9.17, 15) is 0 Å². The van der Waals surface area contributed by atoms with Crippen LogP contribution in [0.4, 0.5) is 0 Å². The number of halogens is 1. The first-order chi connectivity index (χ1) is 7.20. The van der Waals surface area contributed by atoms with Gasteiger partial charge in [-0.25, -0.2) is 0 Å². The largest absolute Gasteiger partial charge is 0.370 e. The minimum Gasteiger partial charge on any atom is -0.370 e. The predicted molar refractivity (Wildman–Crippen MR) is 63.4 cm³/mol. The molecule has 2 rings (SSSR count). The fourth-order valence-electron chi connectivity index (χ4n) is 2.04. The van der Waals surface area contributed by atoms with E-state index in [1.807, 2.05) is 12.1 Å². The maximum atomic E-state index is 5.97. The average molecular weight is 225 g/mol. The number of rotatable bonds is 4. The molecule has 2 heteroatoms. The summed E-state index contributed by atoms with van der Waals surface area (Å²) in [5.41, 5.74) is 1.31. The Morgan fingerprint density at radius 1 is 1.40 bits per heavy atom. The zero-order chi connectivity index (χ0) is 10.8. The second-order valence-corrected chi connectivity index (χ2v) is 4.75. The third-order valence-corrected chi connectivity index (χ3v) is 3.33. The van der Waals surface area contributed by atoms with Gasteiger partial charge in [0, 0.05) is 5.02 Å². The lowest BCUT2D eigenvalue weighted by atomic mass is 9.95. The Morgan fingerprint density at radius 2 is 2.20 bits per heavy atom. The van der Waals surface area contributed by atoms with Gasteiger partial charge in [-0.1, -0.05) is 37.6 Å². The van der Waals surface area contributed by atoms with Crippen molar-refractivity contribution in [1.29, 1.82) is 0 Å². The summed E-state index contributed by atoms with van der Waals surface area (Å²) in [6.07, 6.45) is 3.22. The van der Waals surface area contributed by atoms with E-state index in [-0.39, 0.29) is 0 Å². The van der Waals surface area contributed by atoms with E-state index in [1.165, 1.54) is 5.56 Å². The topological polar surface area (TPSA) is 12.5 Å². The van der Waals surface area contributed by atoms with Crippen molar-refractivity contribution in [3.05, 3.63) is 34.9 Å². The van der Waals surface area contributed by atoms with Gasteiger partial charge in [0.05, 0.1) is 12.2 Å². The van der Waals surface area contributed by atoms with Crippen LogP contribution in [0, 0.1) is 0 Å². The zero-order valence-corrected chi connectivity index (χ0v) is 10.00. The molecule has 0 bridgehead atoms. The lowest BCUT2D eigenvalue weighted by Crippen LogP contribution is -2.00. The van der Waals surface area contributed by atoms with E-state index in [1.54, 1.807) is 0 Å². The minimum atomic E-state index is 0.476. The molecule has 1 aromatic rings. The average Bonchev–Trinajstić information content (AvgIpc) is 2.96. The number of epoxide rings is 1. The van der Waals surface area contributed by atoms with Gasteiger partial charge in [-0.2, -0.15) is 0 Å². The third-order valence-electron chi connectivity index (χ3n) is 3.09. The van der Waals surface area contributed by atoms with Crippen molar-refractivity contribution in [2.45, 2.75) is 44.8 Å². The minimum absolute atomic E-state index is 0.476. The third kappa shape index (κ3) is 2.73. The number of hydrogen-bond donors (Lipinski definition) is 0. The molecule has 1 saturated heterocycles. The molecule has 1 aliphatic heterocycles. The molecule has 0 saturated carbocycles. The van der Waals surface area contributed by atoms with Crippen molar-refractivity contribution in [1.82, 2.24) is 0 Å². The maximum Gasteiger partial charge on any atom is 0.0847 e. The van der Waals surface area contributed by atoms with Crippen LogP contribution in [0.1, 0.15) is 38.2 Å². The number of hydrogen-bond acceptors (Lipinski definition) is 1. The molecule has 3 atom stereocenters. The summed E-state index contributed by atoms with van der Waals surface area (Å²) in [5, 5.41) is 0.822. The maximum absolute atomic E-state index is 5.97. The van der Waals surface area contributed by atoms with Gasteiger partial charge < -0.3 is 4.74 Å². The quantitative estimate of drug-likeness (QED) is 0.704. The lowest BCUT2D eigenvalue weighted by molar-refractivity contribution is 0.353. The van der Waals surface area contributed by atoms with Gasteiger partial charge in [-0.15, -0.1) is 0 Å². The van der Waals surface area contributed by atoms with E-state index in [4.69, 9.17) is 16.3 Å². The van der Waals surface area contributed by atoms with Gasteiger partial charge in [0.25, 0.3) is 0 Å². The predicted octanol–water partition coefficient (Wildman–Crippen LogP) is 4.01. The molecule has 1 nitrogen and oxygen atoms in total. The van der Waals surface area contributed by atoms with E-state index in [0.29, 0.717) is 18.1 Å². The molecule has 0 aromatic heterocycles. The van der Waals surface area contributed by atoms with Gasteiger partial charge >= 0.3 is 0 Å². The fourth-order valence-corrected chi connectivity index (χ4v) is 2.24. The second kappa shape index (κ2) is 4.54. The van der Waals surface area contributed by atoms with Crippen LogP contribution in [0.3, 0.4) is 0 Å². The Hall–Kier alpha value is -0.530. The Morgan fingerprint density at radius 3 is 2.80 bits per heavy atom. The van der Waals surface area contributed by atoms with E-state index in [0.717, 1.165) is 17.9 Å². The second-order valence-electron chi connectivity index (χ2n) is 4.31. The first-order valence-electron chi connectivity index (χ1n) is 5.61. The van der Waals surface area contributed by atoms with Crippen molar-refractivity contribution in [2.75, 3.05) is 0 Å². The fraction of sp³-hybridized carbons (Fsp3) is 0.538. The Kier molecular flexibility index (Phi) is 3.32. The SMILES string of the molecule is CCC1OC1CC(C)c1cccc(Cl)c1. The van der Waals surface area contributed by atoms with Gasteiger partial charge in [0.2, 0.25) is 0 Å². The molecular formula is C13H17ClO. The Balaban J connectivity index is 1.93. The number of ether oxygens (including phenoxy) is 1. The molecule has 0 amide bonds. The highest BCUT2D eigenvalue weighted by molar-refractivity contribution is 6.30. The van der Waals surface area contributed by atoms with Gasteiger partial charge in [-0.3, -0.25) is 0 Å². The number of benzene rings is 1. The Labute approximate surface area is 96.4 Å². The highest BCUT2D eigenvalue weighted by atomic mass is 35.5. The van der Waals surface area contributed by atoms with Crippen molar-refractivity contribution < 1.29 is 4.74 Å². The summed E-state index contributed by atoms with van der Waals surface area (Å²) in [7, 11) is 0. The standard InChI is InChI=1S/C13H17ClO/c1-3-12-13(15-12)7-9(2)10-5-4-6-11(14)8-10/h4-6,8-9,12-13H,3,7H2,1-2H3. The first kappa shape index (κ1) is 11.0. The molecule has 0 spiro atoms. The Bertz CT molecular complexity index is 337. The monoisotopic (exact) mass is 224 g/mol. The highest BCUT2D eigenvalue weighted by Crippen LogP contribution is 2.34. The molecule has 1 fully saturated rings. The van der Waals surface area contributed by atoms with E-state index in [2.05, 4.69) is 26.0 Å². The van der Waals surface area contributed by atoms with Crippen LogP contribution < -0.4 is 0 Å². The van der Waals surface area contributed by atoms with Crippen LogP contribution >= 0.6 is 11.6 Å². The first-order valence-corrected chi connectivity index (χ1v) is 5.99. The summed E-state index contributed by atoms with van der Waals surface area (Å²) in [4.78, 5) is 0. The van der Waals surface area contributed by atoms with Crippen LogP contribution in [0.15, 0.2) is 24.3 Å². The summed E-state index contributed by atoms with van der Waals surface area (Å²) in [6.45, 7) is 4.41. The van der Waals surface area contributed by atoms with E-state index >= 15 is 0 Å². The zero-order valence-electron chi connectivity index (χ0n) is 9.24. The molecule has 1 aliphatic rings. The van der Waals surface area contributed by atoms with Crippen LogP contribution in [-0.4, -0.2) is 12.2 Å². The van der Waals surface area contributed by atoms with Crippen LogP contribution in [0.2, 0.25) is 5.02 Å². The molecule has 0 aliphatic carbocycles. The summed E-state index contributed by atoms with van der Waals surface area (Å²) in [6, 6.07) is 8.12. The molecule has 1 aromatic carbocycles. The van der Waals surface area contributed by atoms with Gasteiger partial charge in [0.15, 0.2) is 0 Å². The normalized spacial score (nSPS) is 26.3. The molecule has 1 heterocycles. The summed E-state index contributed by atoms with van der Waals surface area (Å²) in [5.74, 6) is 0.533. The smallest absolute Gasteiger partial charge is 0.0847 e. The molecular weight excluding hydrogens is 208 g/mol. The molecule has 0 N–H and O–H groups in total. The molecule has 3 unspecified atom stereocenters. The molecule has 82 valence electrons. The molecule has 15 heavy (non-hydrogen) atoms. The summed E-state index contributed by atoms with van der Waals surface area (Å²) < 4.78 is 5.56. The van der Waals surface area contributed by atoms with Crippen molar-refractivity contribution in [2.24, 2.45) is 0 Å². The van der Waals surface area contributed by atoms with Crippen molar-refractivity contribution >= 4 is 11.6 Å². The van der Waals surface area contributed by atoms with Gasteiger partial charge in [-0.05, 0) is 36.5 Å². The van der Waals surface area contributed by atoms with Crippen molar-refractivity contribution in [3.63, 3.8) is 0 Å². The molecule has 0 radical (unpaired) electrons.